The van der Waals surface area contributed by atoms with Crippen LogP contribution in [0.4, 0.5) is 0 Å². The van der Waals surface area contributed by atoms with Gasteiger partial charge in [-0.3, -0.25) is 9.79 Å². The number of ether oxygens (including phenoxy) is 1. The summed E-state index contributed by atoms with van der Waals surface area (Å²) in [6.07, 6.45) is 4.91. The largest absolute Gasteiger partial charge is 0.365 e. The maximum Gasteiger partial charge on any atom is 0.251 e. The summed E-state index contributed by atoms with van der Waals surface area (Å²) in [5.74, 6) is -0.0486. The number of epoxide rings is 1. The highest BCUT2D eigenvalue weighted by atomic mass is 16.6. The maximum atomic E-state index is 12.3. The lowest BCUT2D eigenvalue weighted by molar-refractivity contribution is 0.0952. The van der Waals surface area contributed by atoms with E-state index in [1.54, 1.807) is 7.05 Å². The summed E-state index contributed by atoms with van der Waals surface area (Å²) in [5, 5.41) is 2.96. The van der Waals surface area contributed by atoms with E-state index in [1.165, 1.54) is 0 Å². The van der Waals surface area contributed by atoms with Crippen molar-refractivity contribution in [1.82, 2.24) is 10.2 Å². The Balaban J connectivity index is 1.99. The van der Waals surface area contributed by atoms with E-state index in [0.717, 1.165) is 30.8 Å². The lowest BCUT2D eigenvalue weighted by Crippen LogP contribution is -2.27. The van der Waals surface area contributed by atoms with Gasteiger partial charge in [-0.05, 0) is 58.3 Å². The zero-order valence-corrected chi connectivity index (χ0v) is 15.0. The minimum atomic E-state index is -0.155. The topological polar surface area (TPSA) is 57.2 Å². The fraction of sp³-hybridized carbons (Fsp3) is 0.474. The van der Waals surface area contributed by atoms with Crippen molar-refractivity contribution in [2.45, 2.75) is 18.9 Å². The molecule has 1 unspecified atom stereocenters. The number of rotatable bonds is 8. The van der Waals surface area contributed by atoms with Crippen molar-refractivity contribution < 1.29 is 9.53 Å². The maximum absolute atomic E-state index is 12.3. The lowest BCUT2D eigenvalue weighted by Gasteiger charge is -2.10. The second-order valence-electron chi connectivity index (χ2n) is 6.54. The summed E-state index contributed by atoms with van der Waals surface area (Å²) in [4.78, 5) is 18.7. The molecule has 0 aliphatic carbocycles. The Labute approximate surface area is 144 Å². The van der Waals surface area contributed by atoms with Crippen LogP contribution in [0.25, 0.3) is 0 Å². The van der Waals surface area contributed by atoms with Gasteiger partial charge in [0.2, 0.25) is 0 Å². The van der Waals surface area contributed by atoms with Crippen LogP contribution in [0.5, 0.6) is 0 Å². The number of amides is 1. The van der Waals surface area contributed by atoms with Crippen LogP contribution in [-0.4, -0.2) is 63.0 Å². The minimum Gasteiger partial charge on any atom is -0.365 e. The van der Waals surface area contributed by atoms with E-state index in [9.17, 15) is 4.79 Å². The van der Waals surface area contributed by atoms with Crippen molar-refractivity contribution >= 4 is 11.6 Å². The highest BCUT2D eigenvalue weighted by molar-refractivity contribution is 6.10. The van der Waals surface area contributed by atoms with Crippen LogP contribution in [0, 0.1) is 0 Å². The van der Waals surface area contributed by atoms with Crippen LogP contribution in [0.2, 0.25) is 0 Å². The Morgan fingerprint density at radius 1 is 1.42 bits per heavy atom. The highest BCUT2D eigenvalue weighted by Gasteiger charge is 2.36. The van der Waals surface area contributed by atoms with Crippen molar-refractivity contribution in [3.05, 3.63) is 47.5 Å². The second-order valence-corrected chi connectivity index (χ2v) is 6.54. The SMILES string of the molecule is CN=C(/C=C\C1(C)CO1)c1cccc(C(=O)NCCCN(C)C)c1. The van der Waals surface area contributed by atoms with Gasteiger partial charge in [0.25, 0.3) is 5.91 Å². The van der Waals surface area contributed by atoms with E-state index in [4.69, 9.17) is 4.74 Å². The smallest absolute Gasteiger partial charge is 0.251 e. The van der Waals surface area contributed by atoms with Gasteiger partial charge in [0.05, 0.1) is 12.3 Å². The highest BCUT2D eigenvalue weighted by Crippen LogP contribution is 2.27. The van der Waals surface area contributed by atoms with Gasteiger partial charge in [-0.15, -0.1) is 0 Å². The van der Waals surface area contributed by atoms with Crippen LogP contribution < -0.4 is 5.32 Å². The zero-order valence-electron chi connectivity index (χ0n) is 15.0. The number of nitrogens with one attached hydrogen (secondary N) is 1. The normalized spacial score (nSPS) is 20.6. The second kappa shape index (κ2) is 8.22. The molecule has 1 atom stereocenters. The first-order chi connectivity index (χ1) is 11.4. The zero-order chi connectivity index (χ0) is 17.6. The van der Waals surface area contributed by atoms with Crippen LogP contribution in [0.1, 0.15) is 29.3 Å². The molecule has 0 spiro atoms. The van der Waals surface area contributed by atoms with E-state index in [0.29, 0.717) is 12.1 Å². The first-order valence-corrected chi connectivity index (χ1v) is 8.27. The quantitative estimate of drug-likeness (QED) is 0.452. The summed E-state index contributed by atoms with van der Waals surface area (Å²) >= 11 is 0. The number of hydrogen-bond donors (Lipinski definition) is 1. The van der Waals surface area contributed by atoms with Gasteiger partial charge in [-0.2, -0.15) is 0 Å². The van der Waals surface area contributed by atoms with Gasteiger partial charge < -0.3 is 15.0 Å². The Hall–Kier alpha value is -1.98. The predicted octanol–water partition coefficient (Wildman–Crippen LogP) is 2.13. The summed E-state index contributed by atoms with van der Waals surface area (Å²) in [5.41, 5.74) is 2.27. The van der Waals surface area contributed by atoms with E-state index < -0.39 is 0 Å². The van der Waals surface area contributed by atoms with Gasteiger partial charge in [0.15, 0.2) is 0 Å². The summed E-state index contributed by atoms with van der Waals surface area (Å²) < 4.78 is 5.35. The average molecular weight is 329 g/mol. The van der Waals surface area contributed by atoms with E-state index in [2.05, 4.69) is 15.2 Å². The van der Waals surface area contributed by atoms with Crippen molar-refractivity contribution in [1.29, 1.82) is 0 Å². The van der Waals surface area contributed by atoms with E-state index in [-0.39, 0.29) is 11.5 Å². The molecule has 1 saturated heterocycles. The molecule has 1 aliphatic rings. The minimum absolute atomic E-state index is 0.0486. The molecule has 130 valence electrons. The van der Waals surface area contributed by atoms with Gasteiger partial charge in [-0.25, -0.2) is 0 Å². The lowest BCUT2D eigenvalue weighted by atomic mass is 10.0. The van der Waals surface area contributed by atoms with Crippen molar-refractivity contribution in [2.24, 2.45) is 4.99 Å². The molecule has 2 rings (SSSR count). The van der Waals surface area contributed by atoms with Crippen molar-refractivity contribution in [3.8, 4) is 0 Å². The molecule has 5 nitrogen and oxygen atoms in total. The van der Waals surface area contributed by atoms with Gasteiger partial charge in [0, 0.05) is 24.7 Å². The fourth-order valence-electron chi connectivity index (χ4n) is 2.28. The molecule has 1 N–H and O–H groups in total. The van der Waals surface area contributed by atoms with Gasteiger partial charge in [0.1, 0.15) is 5.60 Å². The number of carbonyl (C=O) groups is 1. The third kappa shape index (κ3) is 5.58. The summed E-state index contributed by atoms with van der Waals surface area (Å²) in [7, 11) is 5.80. The van der Waals surface area contributed by atoms with Crippen LogP contribution in [-0.2, 0) is 4.74 Å². The number of allylic oxidation sites excluding steroid dienone is 1. The average Bonchev–Trinajstić information content (AvgIpc) is 3.30. The van der Waals surface area contributed by atoms with Crippen LogP contribution in [0.3, 0.4) is 0 Å². The predicted molar refractivity (Wildman–Crippen MR) is 97.9 cm³/mol. The Bertz CT molecular complexity index is 631. The van der Waals surface area contributed by atoms with Gasteiger partial charge in [-0.1, -0.05) is 12.1 Å². The first-order valence-electron chi connectivity index (χ1n) is 8.27. The molecule has 1 aliphatic heterocycles. The fourth-order valence-corrected chi connectivity index (χ4v) is 2.28. The Kier molecular flexibility index (Phi) is 6.29. The molecule has 0 bridgehead atoms. The molecule has 1 fully saturated rings. The molecule has 0 aromatic heterocycles. The molecule has 0 radical (unpaired) electrons. The number of carbonyl (C=O) groups excluding carboxylic acids is 1. The molecule has 0 saturated carbocycles. The first kappa shape index (κ1) is 18.4. The molecule has 1 aromatic rings. The Morgan fingerprint density at radius 3 is 2.75 bits per heavy atom. The number of aliphatic imine (C=N–C) groups is 1. The molecule has 1 heterocycles. The van der Waals surface area contributed by atoms with Crippen molar-refractivity contribution in [3.63, 3.8) is 0 Å². The molecule has 24 heavy (non-hydrogen) atoms. The molecular weight excluding hydrogens is 302 g/mol. The molecule has 1 aromatic carbocycles. The van der Waals surface area contributed by atoms with Crippen molar-refractivity contribution in [2.75, 3.05) is 40.8 Å². The number of nitrogens with zero attached hydrogens (tertiary/aromatic N) is 2. The van der Waals surface area contributed by atoms with E-state index in [1.807, 2.05) is 57.4 Å². The standard InChI is InChI=1S/C19H27N3O2/c1-19(14-24-19)10-9-17(20-2)15-7-5-8-16(13-15)18(23)21-11-6-12-22(3)4/h5,7-10,13H,6,11-12,14H2,1-4H3,(H,21,23)/b10-9-,20-17?. The Morgan fingerprint density at radius 2 is 2.12 bits per heavy atom. The van der Waals surface area contributed by atoms with Gasteiger partial charge >= 0.3 is 0 Å². The molecule has 1 amide bonds. The summed E-state index contributed by atoms with van der Waals surface area (Å²) in [6.45, 7) is 4.41. The number of benzene rings is 1. The summed E-state index contributed by atoms with van der Waals surface area (Å²) in [6, 6.07) is 7.56. The molecular formula is C19H27N3O2. The molecule has 5 heteroatoms. The number of hydrogen-bond acceptors (Lipinski definition) is 4. The van der Waals surface area contributed by atoms with Crippen LogP contribution in [0.15, 0.2) is 41.4 Å². The third-order valence-corrected chi connectivity index (χ3v) is 3.92. The third-order valence-electron chi connectivity index (χ3n) is 3.92. The van der Waals surface area contributed by atoms with E-state index >= 15 is 0 Å². The monoisotopic (exact) mass is 329 g/mol. The van der Waals surface area contributed by atoms with Crippen LogP contribution >= 0.6 is 0 Å².